The number of piperidine rings is 1. The zero-order valence-corrected chi connectivity index (χ0v) is 16.8. The lowest BCUT2D eigenvalue weighted by molar-refractivity contribution is 0.0589. The minimum Gasteiger partial charge on any atom is -0.354 e. The van der Waals surface area contributed by atoms with Gasteiger partial charge >= 0.3 is 0 Å². The summed E-state index contributed by atoms with van der Waals surface area (Å²) in [6.07, 6.45) is 3.25. The number of hydrogen-bond donors (Lipinski definition) is 1. The van der Waals surface area contributed by atoms with E-state index in [4.69, 9.17) is 0 Å². The van der Waals surface area contributed by atoms with Crippen LogP contribution in [0.15, 0.2) is 46.9 Å². The van der Waals surface area contributed by atoms with Gasteiger partial charge in [-0.2, -0.15) is 0 Å². The highest BCUT2D eigenvalue weighted by Gasteiger charge is 2.37. The molecule has 4 rings (SSSR count). The summed E-state index contributed by atoms with van der Waals surface area (Å²) in [5.41, 5.74) is 3.14. The number of hydrogen-bond acceptors (Lipinski definition) is 3. The number of carbonyl (C=O) groups is 2. The normalized spacial score (nSPS) is 18.7. The molecule has 0 aromatic heterocycles. The molecule has 0 spiro atoms. The Balaban J connectivity index is 1.53. The summed E-state index contributed by atoms with van der Waals surface area (Å²) in [5.74, 6) is -0.0535. The van der Waals surface area contributed by atoms with Gasteiger partial charge in [0.2, 0.25) is 0 Å². The van der Waals surface area contributed by atoms with Crippen LogP contribution in [0.5, 0.6) is 0 Å². The maximum Gasteiger partial charge on any atom is 0.257 e. The molecule has 6 heteroatoms. The van der Waals surface area contributed by atoms with Crippen molar-refractivity contribution < 1.29 is 9.59 Å². The second-order valence-electron chi connectivity index (χ2n) is 7.13. The molecule has 140 valence electrons. The molecule has 1 saturated heterocycles. The first-order chi connectivity index (χ1) is 13.0. The molecule has 0 radical (unpaired) electrons. The van der Waals surface area contributed by atoms with Gasteiger partial charge < -0.3 is 15.1 Å². The number of benzene rings is 2. The largest absolute Gasteiger partial charge is 0.354 e. The van der Waals surface area contributed by atoms with Crippen LogP contribution in [0.3, 0.4) is 0 Å². The molecule has 0 unspecified atom stereocenters. The average molecular weight is 428 g/mol. The van der Waals surface area contributed by atoms with Gasteiger partial charge in [0, 0.05) is 30.2 Å². The lowest BCUT2D eigenvalue weighted by atomic mass is 9.97. The third kappa shape index (κ3) is 3.46. The van der Waals surface area contributed by atoms with E-state index in [-0.39, 0.29) is 18.0 Å². The summed E-state index contributed by atoms with van der Waals surface area (Å²) in [7, 11) is 2.01. The van der Waals surface area contributed by atoms with E-state index in [1.807, 2.05) is 42.3 Å². The molecule has 1 fully saturated rings. The standard InChI is InChI=1S/C21H22BrN3O2/c1-24-18-12-15(20(26)23-13-14-5-8-16(22)9-6-14)7-10-17(18)21(27)25-11-3-2-4-19(24)25/h5-10,12,19H,2-4,11,13H2,1H3,(H,23,26)/t19-/m0/s1. The first-order valence-electron chi connectivity index (χ1n) is 9.25. The van der Waals surface area contributed by atoms with Crippen LogP contribution in [0.2, 0.25) is 0 Å². The molecule has 1 atom stereocenters. The zero-order chi connectivity index (χ0) is 19.0. The van der Waals surface area contributed by atoms with Crippen LogP contribution >= 0.6 is 15.9 Å². The predicted molar refractivity (Wildman–Crippen MR) is 109 cm³/mol. The fourth-order valence-corrected chi connectivity index (χ4v) is 4.17. The molecule has 2 aromatic carbocycles. The summed E-state index contributed by atoms with van der Waals surface area (Å²) in [6.45, 7) is 1.27. The van der Waals surface area contributed by atoms with Gasteiger partial charge in [-0.1, -0.05) is 28.1 Å². The third-order valence-corrected chi connectivity index (χ3v) is 5.94. The van der Waals surface area contributed by atoms with Crippen LogP contribution in [-0.4, -0.2) is 36.5 Å². The van der Waals surface area contributed by atoms with Gasteiger partial charge in [0.25, 0.3) is 11.8 Å². The van der Waals surface area contributed by atoms with E-state index >= 15 is 0 Å². The topological polar surface area (TPSA) is 52.7 Å². The van der Waals surface area contributed by atoms with Gasteiger partial charge in [-0.25, -0.2) is 0 Å². The maximum atomic E-state index is 12.8. The predicted octanol–water partition coefficient (Wildman–Crippen LogP) is 3.78. The van der Waals surface area contributed by atoms with Crippen molar-refractivity contribution >= 4 is 33.4 Å². The monoisotopic (exact) mass is 427 g/mol. The Kier molecular flexibility index (Phi) is 4.91. The number of nitrogens with zero attached hydrogens (tertiary/aromatic N) is 2. The van der Waals surface area contributed by atoms with E-state index in [1.54, 1.807) is 12.1 Å². The Bertz CT molecular complexity index is 881. The van der Waals surface area contributed by atoms with Gasteiger partial charge in [-0.05, 0) is 55.2 Å². The molecular weight excluding hydrogens is 406 g/mol. The summed E-state index contributed by atoms with van der Waals surface area (Å²) in [4.78, 5) is 29.5. The van der Waals surface area contributed by atoms with Crippen LogP contribution in [-0.2, 0) is 6.54 Å². The second-order valence-corrected chi connectivity index (χ2v) is 8.04. The molecule has 27 heavy (non-hydrogen) atoms. The lowest BCUT2D eigenvalue weighted by Crippen LogP contribution is -2.55. The first kappa shape index (κ1) is 18.0. The van der Waals surface area contributed by atoms with Crippen LogP contribution in [0.25, 0.3) is 0 Å². The highest BCUT2D eigenvalue weighted by Crippen LogP contribution is 2.34. The van der Waals surface area contributed by atoms with E-state index < -0.39 is 0 Å². The molecule has 0 aliphatic carbocycles. The van der Waals surface area contributed by atoms with Crippen molar-refractivity contribution in [1.82, 2.24) is 10.2 Å². The number of nitrogens with one attached hydrogen (secondary N) is 1. The Morgan fingerprint density at radius 2 is 1.96 bits per heavy atom. The van der Waals surface area contributed by atoms with Gasteiger partial charge in [0.15, 0.2) is 0 Å². The summed E-state index contributed by atoms with van der Waals surface area (Å²) in [6, 6.07) is 13.2. The van der Waals surface area contributed by atoms with Gasteiger partial charge in [-0.15, -0.1) is 0 Å². The fourth-order valence-electron chi connectivity index (χ4n) is 3.90. The number of halogens is 1. The van der Waals surface area contributed by atoms with Crippen molar-refractivity contribution in [3.05, 3.63) is 63.6 Å². The van der Waals surface area contributed by atoms with Crippen molar-refractivity contribution in [2.45, 2.75) is 32.0 Å². The first-order valence-corrected chi connectivity index (χ1v) is 10.0. The molecule has 1 N–H and O–H groups in total. The summed E-state index contributed by atoms with van der Waals surface area (Å²) < 4.78 is 1.01. The maximum absolute atomic E-state index is 12.8. The van der Waals surface area contributed by atoms with Crippen LogP contribution in [0, 0.1) is 0 Å². The Morgan fingerprint density at radius 3 is 2.74 bits per heavy atom. The molecule has 0 saturated carbocycles. The molecule has 5 nitrogen and oxygen atoms in total. The van der Waals surface area contributed by atoms with Crippen molar-refractivity contribution in [2.24, 2.45) is 0 Å². The quantitative estimate of drug-likeness (QED) is 0.810. The number of carbonyl (C=O) groups excluding carboxylic acids is 2. The fraction of sp³-hybridized carbons (Fsp3) is 0.333. The number of rotatable bonds is 3. The van der Waals surface area contributed by atoms with Crippen LogP contribution < -0.4 is 10.2 Å². The molecule has 2 aliphatic rings. The Hall–Kier alpha value is -2.34. The average Bonchev–Trinajstić information content (AvgIpc) is 2.71. The number of fused-ring (bicyclic) bond motifs is 2. The SMILES string of the molecule is CN1c2cc(C(=O)NCc3ccc(Br)cc3)ccc2C(=O)N2CCCC[C@H]21. The number of anilines is 1. The molecule has 2 aliphatic heterocycles. The van der Waals surface area contributed by atoms with E-state index in [1.165, 1.54) is 0 Å². The Morgan fingerprint density at radius 1 is 1.19 bits per heavy atom. The summed E-state index contributed by atoms with van der Waals surface area (Å²) in [5, 5.41) is 2.96. The minimum atomic E-state index is -0.132. The zero-order valence-electron chi connectivity index (χ0n) is 15.2. The molecule has 2 amide bonds. The summed E-state index contributed by atoms with van der Waals surface area (Å²) >= 11 is 3.41. The van der Waals surface area contributed by atoms with Crippen molar-refractivity contribution in [1.29, 1.82) is 0 Å². The van der Waals surface area contributed by atoms with E-state index in [9.17, 15) is 9.59 Å². The Labute approximate surface area is 167 Å². The van der Waals surface area contributed by atoms with Crippen LogP contribution in [0.4, 0.5) is 5.69 Å². The van der Waals surface area contributed by atoms with E-state index in [2.05, 4.69) is 26.1 Å². The van der Waals surface area contributed by atoms with Crippen molar-refractivity contribution in [3.8, 4) is 0 Å². The third-order valence-electron chi connectivity index (χ3n) is 5.42. The smallest absolute Gasteiger partial charge is 0.257 e. The van der Waals surface area contributed by atoms with Gasteiger partial charge in [0.05, 0.1) is 11.3 Å². The van der Waals surface area contributed by atoms with Crippen molar-refractivity contribution in [3.63, 3.8) is 0 Å². The van der Waals surface area contributed by atoms with Gasteiger partial charge in [-0.3, -0.25) is 9.59 Å². The molecule has 2 aromatic rings. The van der Waals surface area contributed by atoms with E-state index in [0.717, 1.165) is 41.5 Å². The number of amides is 2. The van der Waals surface area contributed by atoms with Crippen molar-refractivity contribution in [2.75, 3.05) is 18.5 Å². The highest BCUT2D eigenvalue weighted by atomic mass is 79.9. The molecule has 0 bridgehead atoms. The lowest BCUT2D eigenvalue weighted by Gasteiger charge is -2.46. The molecular formula is C21H22BrN3O2. The molecule has 2 heterocycles. The minimum absolute atomic E-state index is 0.0784. The highest BCUT2D eigenvalue weighted by molar-refractivity contribution is 9.10. The van der Waals surface area contributed by atoms with E-state index in [0.29, 0.717) is 17.7 Å². The van der Waals surface area contributed by atoms with Crippen LogP contribution in [0.1, 0.15) is 45.5 Å². The van der Waals surface area contributed by atoms with Gasteiger partial charge in [0.1, 0.15) is 6.17 Å². The second kappa shape index (κ2) is 7.35.